The summed E-state index contributed by atoms with van der Waals surface area (Å²) < 4.78 is 15.5. The van der Waals surface area contributed by atoms with E-state index in [1.807, 2.05) is 138 Å². The Kier molecular flexibility index (Phi) is 23.2. The number of rotatable bonds is 24. The lowest BCUT2D eigenvalue weighted by Gasteiger charge is -2.28. The molecule has 0 radical (unpaired) electrons. The van der Waals surface area contributed by atoms with E-state index in [-0.39, 0.29) is 128 Å². The quantitative estimate of drug-likeness (QED) is 0.0375. The number of nitrogens with zero attached hydrogens (tertiary/aromatic N) is 3. The molecule has 0 saturated carbocycles. The summed E-state index contributed by atoms with van der Waals surface area (Å²) >= 11 is 0. The minimum absolute atomic E-state index is 0.114. The highest BCUT2D eigenvalue weighted by Gasteiger charge is 2.38. The monoisotopic (exact) mass is 1470 g/mol. The Hall–Kier alpha value is -13.6. The average molecular weight is 1470 g/mol. The van der Waals surface area contributed by atoms with E-state index in [0.717, 1.165) is 60.5 Å². The van der Waals surface area contributed by atoms with E-state index in [2.05, 4.69) is 34.1 Å². The lowest BCUT2D eigenvalue weighted by molar-refractivity contribution is -0.121. The molecule has 0 atom stereocenters. The van der Waals surface area contributed by atoms with Crippen LogP contribution in [0.2, 0.25) is 0 Å². The van der Waals surface area contributed by atoms with Gasteiger partial charge in [-0.2, -0.15) is 0 Å². The fraction of sp³-hybridized carbons (Fsp3) is 0.191. The van der Waals surface area contributed by atoms with Crippen LogP contribution in [0.15, 0.2) is 188 Å². The van der Waals surface area contributed by atoms with Crippen molar-refractivity contribution in [1.82, 2.24) is 30.7 Å². The van der Waals surface area contributed by atoms with Crippen molar-refractivity contribution in [3.05, 3.63) is 299 Å². The molecule has 0 fully saturated rings. The van der Waals surface area contributed by atoms with Crippen LogP contribution in [0.4, 0.5) is 0 Å². The number of imide groups is 3. The zero-order valence-corrected chi connectivity index (χ0v) is 61.7. The van der Waals surface area contributed by atoms with E-state index in [9.17, 15) is 57.5 Å². The molecule has 11 aromatic carbocycles. The van der Waals surface area contributed by atoms with Crippen LogP contribution >= 0.6 is 0 Å². The molecule has 554 valence electrons. The predicted octanol–water partition coefficient (Wildman–Crippen LogP) is 12.8. The summed E-state index contributed by atoms with van der Waals surface area (Å²) in [7, 11) is 1.42. The number of hydrogen-bond acceptors (Lipinski definition) is 15. The second-order valence-corrected chi connectivity index (χ2v) is 27.3. The van der Waals surface area contributed by atoms with Crippen molar-refractivity contribution in [3.8, 4) is 17.2 Å². The Bertz CT molecular complexity index is 5340. The Morgan fingerprint density at radius 2 is 0.618 bits per heavy atom. The summed E-state index contributed by atoms with van der Waals surface area (Å²) in [5.74, 6) is -3.51. The molecular weight excluding hydrogens is 1390 g/mol. The average Bonchev–Trinajstić information content (AvgIpc) is 0.738. The van der Waals surface area contributed by atoms with Crippen LogP contribution in [0.1, 0.15) is 154 Å². The molecule has 3 aliphatic rings. The zero-order valence-electron chi connectivity index (χ0n) is 61.7. The van der Waals surface area contributed by atoms with Crippen LogP contribution in [0.5, 0.6) is 17.2 Å². The molecule has 0 spiro atoms. The van der Waals surface area contributed by atoms with E-state index in [4.69, 9.17) is 14.2 Å². The summed E-state index contributed by atoms with van der Waals surface area (Å²) in [4.78, 5) is 156. The second-order valence-electron chi connectivity index (χ2n) is 27.3. The SMILES string of the molecule is Cc1cccc(CCNC(=O)c2cc(C)c3c4c(ccc(OC=O)c24)C(=O)N(C)C3=O)c1.Cc1cccc(CCNC(=O)c2ccc3c4c(ccc(OC=O)c24)C(=O)N(CCc2cccc(C)c2)C3=O)c1.Cc1cccc(CCNC(=O)c2ccc3c4c(ccc(OC=O)c24)C(=O)N(CCc2cccc(C)c2)C3=O)c1. The van der Waals surface area contributed by atoms with Crippen LogP contribution in [0.25, 0.3) is 32.3 Å². The predicted molar refractivity (Wildman–Crippen MR) is 415 cm³/mol. The topological polar surface area (TPSA) is 278 Å². The summed E-state index contributed by atoms with van der Waals surface area (Å²) in [6.07, 6.45) is 2.96. The van der Waals surface area contributed by atoms with Gasteiger partial charge in [0.25, 0.3) is 72.6 Å². The Balaban J connectivity index is 0.000000155. The summed E-state index contributed by atoms with van der Waals surface area (Å²) in [6, 6.07) is 56.9. The molecule has 9 amide bonds. The number of aryl methyl sites for hydroxylation is 6. The van der Waals surface area contributed by atoms with Crippen LogP contribution in [0, 0.1) is 41.5 Å². The van der Waals surface area contributed by atoms with Gasteiger partial charge in [0.05, 0.1) is 22.3 Å². The molecule has 0 unspecified atom stereocenters. The third-order valence-electron chi connectivity index (χ3n) is 19.7. The van der Waals surface area contributed by atoms with Gasteiger partial charge in [0.2, 0.25) is 0 Å². The lowest BCUT2D eigenvalue weighted by atomic mass is 9.87. The summed E-state index contributed by atoms with van der Waals surface area (Å²) in [6.45, 7) is 14.1. The van der Waals surface area contributed by atoms with Gasteiger partial charge >= 0.3 is 0 Å². The smallest absolute Gasteiger partial charge is 0.298 e. The molecule has 110 heavy (non-hydrogen) atoms. The van der Waals surface area contributed by atoms with E-state index in [0.29, 0.717) is 79.0 Å². The van der Waals surface area contributed by atoms with Gasteiger partial charge in [0.1, 0.15) is 17.2 Å². The number of amides is 9. The largest absolute Gasteiger partial charge is 0.428 e. The molecule has 0 aromatic heterocycles. The van der Waals surface area contributed by atoms with Crippen molar-refractivity contribution < 1.29 is 71.7 Å². The van der Waals surface area contributed by atoms with Crippen molar-refractivity contribution in [2.45, 2.75) is 73.6 Å². The van der Waals surface area contributed by atoms with Gasteiger partial charge in [-0.25, -0.2) is 0 Å². The van der Waals surface area contributed by atoms with Crippen molar-refractivity contribution in [2.75, 3.05) is 39.8 Å². The molecule has 3 heterocycles. The first-order valence-corrected chi connectivity index (χ1v) is 35.9. The number of carbonyl (C=O) groups excluding carboxylic acids is 12. The number of carbonyl (C=O) groups is 12. The number of benzene rings is 11. The van der Waals surface area contributed by atoms with Crippen molar-refractivity contribution in [2.24, 2.45) is 0 Å². The Labute approximate surface area is 634 Å². The van der Waals surface area contributed by atoms with E-state index >= 15 is 0 Å². The van der Waals surface area contributed by atoms with E-state index in [1.165, 1.54) is 41.1 Å². The van der Waals surface area contributed by atoms with Crippen LogP contribution < -0.4 is 30.2 Å². The van der Waals surface area contributed by atoms with Crippen LogP contribution in [-0.4, -0.2) is 127 Å². The molecule has 0 bridgehead atoms. The van der Waals surface area contributed by atoms with E-state index in [1.54, 1.807) is 49.4 Å². The molecule has 21 heteroatoms. The molecule has 0 aliphatic carbocycles. The van der Waals surface area contributed by atoms with Gasteiger partial charge in [-0.15, -0.1) is 0 Å². The van der Waals surface area contributed by atoms with Gasteiger partial charge in [-0.05, 0) is 174 Å². The highest BCUT2D eigenvalue weighted by Crippen LogP contribution is 2.42. The minimum Gasteiger partial charge on any atom is -0.428 e. The van der Waals surface area contributed by atoms with Gasteiger partial charge in [0.15, 0.2) is 0 Å². The Morgan fingerprint density at radius 1 is 0.327 bits per heavy atom. The van der Waals surface area contributed by atoms with Crippen LogP contribution in [-0.2, 0) is 46.5 Å². The second kappa shape index (κ2) is 33.5. The first-order chi connectivity index (χ1) is 53.1. The number of ether oxygens (including phenoxy) is 3. The fourth-order valence-corrected chi connectivity index (χ4v) is 14.5. The van der Waals surface area contributed by atoms with Gasteiger partial charge in [-0.3, -0.25) is 72.2 Å². The molecule has 21 nitrogen and oxygen atoms in total. The summed E-state index contributed by atoms with van der Waals surface area (Å²) in [5.41, 5.74) is 14.0. The highest BCUT2D eigenvalue weighted by molar-refractivity contribution is 6.31. The molecule has 14 rings (SSSR count). The summed E-state index contributed by atoms with van der Waals surface area (Å²) in [5, 5.41) is 10.5. The highest BCUT2D eigenvalue weighted by atomic mass is 16.5. The van der Waals surface area contributed by atoms with Crippen molar-refractivity contribution in [1.29, 1.82) is 0 Å². The number of hydrogen-bond donors (Lipinski definition) is 3. The normalized spacial score (nSPS) is 12.6. The fourth-order valence-electron chi connectivity index (χ4n) is 14.5. The third-order valence-corrected chi connectivity index (χ3v) is 19.7. The van der Waals surface area contributed by atoms with Crippen molar-refractivity contribution >= 4 is 105 Å². The van der Waals surface area contributed by atoms with E-state index < -0.39 is 35.4 Å². The van der Waals surface area contributed by atoms with Gasteiger partial charge in [0, 0.05) is 99.9 Å². The maximum atomic E-state index is 13.5. The first kappa shape index (κ1) is 76.1. The molecule has 11 aromatic rings. The standard InChI is InChI=1S/2C32H28N2O5.C25H22N2O5/c2*1-20-5-3-7-22(17-20)13-15-33-30(36)24-9-10-25-28-26(11-12-27(29(24)28)39-19-35)32(38)34(31(25)37)16-14-23-8-4-6-21(2)18-23;1-14-5-4-6-16(11-14)9-10-26-23(29)18-12-15(2)20-22-17(24(30)27(3)25(20)31)7-8-19(21(18)22)32-13-28/h2*3-12,17-19H,13-16H2,1-2H3,(H,33,36);4-8,11-13H,9-10H2,1-3H3,(H,26,29). The molecule has 3 aliphatic heterocycles. The Morgan fingerprint density at radius 3 is 0.936 bits per heavy atom. The lowest BCUT2D eigenvalue weighted by Crippen LogP contribution is -2.41. The number of nitrogens with one attached hydrogen (secondary N) is 3. The van der Waals surface area contributed by atoms with Gasteiger partial charge in [-0.1, -0.05) is 149 Å². The van der Waals surface area contributed by atoms with Crippen LogP contribution in [0.3, 0.4) is 0 Å². The third kappa shape index (κ3) is 16.1. The maximum Gasteiger partial charge on any atom is 0.298 e. The minimum atomic E-state index is -0.471. The molecule has 3 N–H and O–H groups in total. The van der Waals surface area contributed by atoms with Gasteiger partial charge < -0.3 is 30.2 Å². The first-order valence-electron chi connectivity index (χ1n) is 35.9. The van der Waals surface area contributed by atoms with Crippen molar-refractivity contribution in [3.63, 3.8) is 0 Å². The zero-order chi connectivity index (χ0) is 78.0. The molecule has 0 saturated heterocycles. The maximum absolute atomic E-state index is 13.5. The molecular formula is C89H78N6O15.